The molecule has 4 N–H and O–H groups in total. The van der Waals surface area contributed by atoms with Gasteiger partial charge in [0.05, 0.1) is 0 Å². The van der Waals surface area contributed by atoms with E-state index in [9.17, 15) is 4.79 Å². The molecule has 0 bridgehead atoms. The Balaban J connectivity index is 1.97. The Labute approximate surface area is 118 Å². The van der Waals surface area contributed by atoms with Crippen LogP contribution in [0.15, 0.2) is 36.4 Å². The van der Waals surface area contributed by atoms with E-state index in [1.54, 1.807) is 18.2 Å². The highest BCUT2D eigenvalue weighted by Gasteiger charge is 2.14. The number of hydrogen-bond acceptors (Lipinski definition) is 3. The van der Waals surface area contributed by atoms with E-state index in [4.69, 9.17) is 11.5 Å². The molecule has 20 heavy (non-hydrogen) atoms. The standard InChI is InChI=1S/C17H18N2O/c18-15-8-14(9-16(19)10-15)17(20)13-6-5-11-3-1-2-4-12(11)7-13/h5-10H,1-4,18-19H2. The molecule has 0 fully saturated rings. The zero-order valence-electron chi connectivity index (χ0n) is 11.4. The van der Waals surface area contributed by atoms with Crippen molar-refractivity contribution in [1.29, 1.82) is 0 Å². The van der Waals surface area contributed by atoms with Gasteiger partial charge in [0, 0.05) is 22.5 Å². The Hall–Kier alpha value is -2.29. The van der Waals surface area contributed by atoms with Crippen LogP contribution in [0.25, 0.3) is 0 Å². The molecule has 1 aliphatic rings. The third kappa shape index (κ3) is 2.39. The maximum Gasteiger partial charge on any atom is 0.193 e. The first-order valence-electron chi connectivity index (χ1n) is 6.96. The minimum atomic E-state index is -0.0163. The van der Waals surface area contributed by atoms with Gasteiger partial charge in [0.2, 0.25) is 0 Å². The molecule has 0 unspecified atom stereocenters. The van der Waals surface area contributed by atoms with E-state index >= 15 is 0 Å². The van der Waals surface area contributed by atoms with Crippen molar-refractivity contribution < 1.29 is 4.79 Å². The third-order valence-corrected chi connectivity index (χ3v) is 3.85. The van der Waals surface area contributed by atoms with Crippen LogP contribution in [-0.4, -0.2) is 5.78 Å². The third-order valence-electron chi connectivity index (χ3n) is 3.85. The van der Waals surface area contributed by atoms with Gasteiger partial charge in [-0.2, -0.15) is 0 Å². The number of benzene rings is 2. The number of ketones is 1. The van der Waals surface area contributed by atoms with Gasteiger partial charge in [-0.15, -0.1) is 0 Å². The van der Waals surface area contributed by atoms with Gasteiger partial charge in [0.15, 0.2) is 5.78 Å². The second-order valence-corrected chi connectivity index (χ2v) is 5.41. The highest BCUT2D eigenvalue weighted by molar-refractivity contribution is 6.10. The van der Waals surface area contributed by atoms with Gasteiger partial charge in [-0.3, -0.25) is 4.79 Å². The number of nitrogen functional groups attached to an aromatic ring is 2. The quantitative estimate of drug-likeness (QED) is 0.648. The van der Waals surface area contributed by atoms with E-state index < -0.39 is 0 Å². The Morgan fingerprint density at radius 1 is 0.800 bits per heavy atom. The lowest BCUT2D eigenvalue weighted by molar-refractivity contribution is 0.103. The minimum Gasteiger partial charge on any atom is -0.399 e. The second-order valence-electron chi connectivity index (χ2n) is 5.41. The van der Waals surface area contributed by atoms with Crippen molar-refractivity contribution in [2.45, 2.75) is 25.7 Å². The largest absolute Gasteiger partial charge is 0.399 e. The molecule has 0 saturated carbocycles. The van der Waals surface area contributed by atoms with Crippen molar-refractivity contribution in [2.24, 2.45) is 0 Å². The van der Waals surface area contributed by atoms with Gasteiger partial charge in [0.25, 0.3) is 0 Å². The lowest BCUT2D eigenvalue weighted by Gasteiger charge is -2.16. The fraction of sp³-hybridized carbons (Fsp3) is 0.235. The van der Waals surface area contributed by atoms with Gasteiger partial charge in [0.1, 0.15) is 0 Å². The number of fused-ring (bicyclic) bond motifs is 1. The molecule has 102 valence electrons. The van der Waals surface area contributed by atoms with Crippen LogP contribution in [0.3, 0.4) is 0 Å². The summed E-state index contributed by atoms with van der Waals surface area (Å²) in [6, 6.07) is 11.0. The smallest absolute Gasteiger partial charge is 0.193 e. The molecule has 1 aliphatic carbocycles. The molecule has 3 heteroatoms. The first kappa shape index (κ1) is 12.7. The SMILES string of the molecule is Nc1cc(N)cc(C(=O)c2ccc3c(c2)CCCC3)c1. The predicted octanol–water partition coefficient (Wildman–Crippen LogP) is 2.96. The van der Waals surface area contributed by atoms with E-state index in [0.717, 1.165) is 18.4 Å². The first-order chi connectivity index (χ1) is 9.63. The summed E-state index contributed by atoms with van der Waals surface area (Å²) in [6.45, 7) is 0. The van der Waals surface area contributed by atoms with Crippen molar-refractivity contribution in [1.82, 2.24) is 0 Å². The van der Waals surface area contributed by atoms with E-state index in [2.05, 4.69) is 6.07 Å². The maximum absolute atomic E-state index is 12.5. The maximum atomic E-state index is 12.5. The summed E-state index contributed by atoms with van der Waals surface area (Å²) in [5.41, 5.74) is 16.5. The molecule has 0 saturated heterocycles. The van der Waals surface area contributed by atoms with E-state index in [0.29, 0.717) is 16.9 Å². The van der Waals surface area contributed by atoms with Crippen molar-refractivity contribution in [3.05, 3.63) is 58.7 Å². The molecule has 3 nitrogen and oxygen atoms in total. The first-order valence-corrected chi connectivity index (χ1v) is 6.96. The summed E-state index contributed by atoms with van der Waals surface area (Å²) in [5, 5.41) is 0. The lowest BCUT2D eigenvalue weighted by Crippen LogP contribution is -2.08. The molecule has 3 rings (SSSR count). The van der Waals surface area contributed by atoms with E-state index in [1.807, 2.05) is 12.1 Å². The number of hydrogen-bond donors (Lipinski definition) is 2. The fourth-order valence-corrected chi connectivity index (χ4v) is 2.85. The molecule has 2 aromatic rings. The molecule has 0 radical (unpaired) electrons. The Morgan fingerprint density at radius 3 is 2.15 bits per heavy atom. The zero-order chi connectivity index (χ0) is 14.1. The minimum absolute atomic E-state index is 0.0163. The van der Waals surface area contributed by atoms with Gasteiger partial charge in [-0.1, -0.05) is 12.1 Å². The summed E-state index contributed by atoms with van der Waals surface area (Å²) in [7, 11) is 0. The molecule has 0 heterocycles. The monoisotopic (exact) mass is 266 g/mol. The van der Waals surface area contributed by atoms with Crippen molar-refractivity contribution in [3.8, 4) is 0 Å². The molecule has 0 amide bonds. The molecular weight excluding hydrogens is 248 g/mol. The highest BCUT2D eigenvalue weighted by Crippen LogP contribution is 2.24. The van der Waals surface area contributed by atoms with Crippen molar-refractivity contribution >= 4 is 17.2 Å². The zero-order valence-corrected chi connectivity index (χ0v) is 11.4. The number of aryl methyl sites for hydroxylation is 2. The number of rotatable bonds is 2. The topological polar surface area (TPSA) is 69.1 Å². The summed E-state index contributed by atoms with van der Waals surface area (Å²) in [6.07, 6.45) is 4.63. The lowest BCUT2D eigenvalue weighted by atomic mass is 9.89. The van der Waals surface area contributed by atoms with Crippen LogP contribution in [0.4, 0.5) is 11.4 Å². The highest BCUT2D eigenvalue weighted by atomic mass is 16.1. The molecule has 2 aromatic carbocycles. The van der Waals surface area contributed by atoms with Crippen LogP contribution in [0, 0.1) is 0 Å². The molecule has 0 atom stereocenters. The Morgan fingerprint density at radius 2 is 1.45 bits per heavy atom. The Bertz CT molecular complexity index is 656. The van der Waals surface area contributed by atoms with Crippen LogP contribution in [0.1, 0.15) is 39.9 Å². The van der Waals surface area contributed by atoms with Gasteiger partial charge in [-0.25, -0.2) is 0 Å². The van der Waals surface area contributed by atoms with Gasteiger partial charge < -0.3 is 11.5 Å². The molecular formula is C17H18N2O. The number of carbonyl (C=O) groups excluding carboxylic acids is 1. The van der Waals surface area contributed by atoms with Crippen LogP contribution >= 0.6 is 0 Å². The van der Waals surface area contributed by atoms with Crippen LogP contribution in [-0.2, 0) is 12.8 Å². The number of carbonyl (C=O) groups is 1. The average molecular weight is 266 g/mol. The van der Waals surface area contributed by atoms with Crippen LogP contribution in [0.2, 0.25) is 0 Å². The normalized spacial score (nSPS) is 13.8. The van der Waals surface area contributed by atoms with Crippen molar-refractivity contribution in [2.75, 3.05) is 11.5 Å². The van der Waals surface area contributed by atoms with Crippen LogP contribution < -0.4 is 11.5 Å². The van der Waals surface area contributed by atoms with Gasteiger partial charge >= 0.3 is 0 Å². The molecule has 0 spiro atoms. The van der Waals surface area contributed by atoms with Gasteiger partial charge in [-0.05, 0) is 61.1 Å². The van der Waals surface area contributed by atoms with Crippen LogP contribution in [0.5, 0.6) is 0 Å². The summed E-state index contributed by atoms with van der Waals surface area (Å²) >= 11 is 0. The summed E-state index contributed by atoms with van der Waals surface area (Å²) < 4.78 is 0. The number of nitrogens with two attached hydrogens (primary N) is 2. The summed E-state index contributed by atoms with van der Waals surface area (Å²) in [5.74, 6) is -0.0163. The number of anilines is 2. The molecule has 0 aliphatic heterocycles. The molecule has 0 aromatic heterocycles. The van der Waals surface area contributed by atoms with E-state index in [-0.39, 0.29) is 5.78 Å². The second kappa shape index (κ2) is 5.00. The average Bonchev–Trinajstić information content (AvgIpc) is 2.45. The predicted molar refractivity (Wildman–Crippen MR) is 81.8 cm³/mol. The van der Waals surface area contributed by atoms with Crippen molar-refractivity contribution in [3.63, 3.8) is 0 Å². The van der Waals surface area contributed by atoms with E-state index in [1.165, 1.54) is 24.0 Å². The Kier molecular flexibility index (Phi) is 3.18. The fourth-order valence-electron chi connectivity index (χ4n) is 2.85. The summed E-state index contributed by atoms with van der Waals surface area (Å²) in [4.78, 5) is 12.5.